The molecule has 0 radical (unpaired) electrons. The van der Waals surface area contributed by atoms with Gasteiger partial charge < -0.3 is 5.32 Å². The Balaban J connectivity index is 1.82. The largest absolute Gasteiger partial charge is 0.352 e. The number of benzene rings is 1. The quantitative estimate of drug-likeness (QED) is 0.829. The highest BCUT2D eigenvalue weighted by molar-refractivity contribution is 7.88. The molecule has 5 nitrogen and oxygen atoms in total. The molecule has 1 aliphatic rings. The molecule has 0 aromatic heterocycles. The topological polar surface area (TPSA) is 66.5 Å². The summed E-state index contributed by atoms with van der Waals surface area (Å²) in [6.07, 6.45) is 5.37. The van der Waals surface area contributed by atoms with Gasteiger partial charge in [-0.25, -0.2) is 8.42 Å². The Morgan fingerprint density at radius 3 is 2.39 bits per heavy atom. The van der Waals surface area contributed by atoms with Gasteiger partial charge in [-0.1, -0.05) is 42.7 Å². The van der Waals surface area contributed by atoms with Crippen LogP contribution in [-0.2, 0) is 21.4 Å². The van der Waals surface area contributed by atoms with E-state index in [-0.39, 0.29) is 24.9 Å². The van der Waals surface area contributed by atoms with Crippen LogP contribution in [0, 0.1) is 6.92 Å². The zero-order valence-electron chi connectivity index (χ0n) is 13.9. The Bertz CT molecular complexity index is 620. The van der Waals surface area contributed by atoms with Crippen LogP contribution in [-0.4, -0.2) is 37.5 Å². The maximum atomic E-state index is 12.0. The van der Waals surface area contributed by atoms with Crippen LogP contribution in [0.5, 0.6) is 0 Å². The lowest BCUT2D eigenvalue weighted by Crippen LogP contribution is -2.40. The number of rotatable bonds is 7. The number of carbonyl (C=O) groups is 1. The molecule has 6 heteroatoms. The summed E-state index contributed by atoms with van der Waals surface area (Å²) in [6.45, 7) is 2.76. The van der Waals surface area contributed by atoms with Crippen LogP contribution in [0.4, 0.5) is 0 Å². The summed E-state index contributed by atoms with van der Waals surface area (Å²) in [5.74, 6) is -0.114. The first-order chi connectivity index (χ1) is 10.9. The number of amides is 1. The van der Waals surface area contributed by atoms with Gasteiger partial charge in [0.2, 0.25) is 15.9 Å². The maximum absolute atomic E-state index is 12.0. The summed E-state index contributed by atoms with van der Waals surface area (Å²) in [5, 5.41) is 2.86. The van der Waals surface area contributed by atoms with Crippen LogP contribution in [0.15, 0.2) is 24.3 Å². The van der Waals surface area contributed by atoms with Crippen LogP contribution in [0.1, 0.15) is 43.2 Å². The molecule has 1 aromatic rings. The zero-order valence-corrected chi connectivity index (χ0v) is 14.7. The van der Waals surface area contributed by atoms with Crippen molar-refractivity contribution >= 4 is 15.9 Å². The predicted molar refractivity (Wildman–Crippen MR) is 91.4 cm³/mol. The van der Waals surface area contributed by atoms with Crippen molar-refractivity contribution in [3.8, 4) is 0 Å². The Hall–Kier alpha value is -1.40. The number of aryl methyl sites for hydroxylation is 1. The van der Waals surface area contributed by atoms with Crippen LogP contribution in [0.25, 0.3) is 0 Å². The Morgan fingerprint density at radius 2 is 1.83 bits per heavy atom. The first-order valence-corrected chi connectivity index (χ1v) is 10.00. The number of hydrogen-bond acceptors (Lipinski definition) is 3. The molecule has 0 unspecified atom stereocenters. The lowest BCUT2D eigenvalue weighted by Gasteiger charge is -2.26. The lowest BCUT2D eigenvalue weighted by molar-refractivity contribution is -0.121. The van der Waals surface area contributed by atoms with E-state index in [2.05, 4.69) is 5.32 Å². The fourth-order valence-corrected chi connectivity index (χ4v) is 4.19. The molecule has 2 rings (SSSR count). The molecule has 1 amide bonds. The Morgan fingerprint density at radius 1 is 1.22 bits per heavy atom. The van der Waals surface area contributed by atoms with Gasteiger partial charge in [0.05, 0.1) is 6.26 Å². The van der Waals surface area contributed by atoms with Crippen molar-refractivity contribution in [3.05, 3.63) is 35.4 Å². The normalized spacial score (nSPS) is 16.0. The van der Waals surface area contributed by atoms with Crippen molar-refractivity contribution in [3.63, 3.8) is 0 Å². The molecule has 1 aliphatic carbocycles. The third-order valence-corrected chi connectivity index (χ3v) is 5.66. The van der Waals surface area contributed by atoms with Crippen molar-refractivity contribution in [2.75, 3.05) is 12.8 Å². The van der Waals surface area contributed by atoms with E-state index in [0.717, 1.165) is 31.2 Å². The SMILES string of the molecule is Cc1ccc(CNC(=O)CCN(C2CCCC2)S(C)(=O)=O)cc1. The van der Waals surface area contributed by atoms with Crippen LogP contribution in [0.2, 0.25) is 0 Å². The minimum Gasteiger partial charge on any atom is -0.352 e. The van der Waals surface area contributed by atoms with E-state index in [9.17, 15) is 13.2 Å². The summed E-state index contributed by atoms with van der Waals surface area (Å²) >= 11 is 0. The average Bonchev–Trinajstić information content (AvgIpc) is 2.99. The third-order valence-electron chi connectivity index (χ3n) is 4.33. The van der Waals surface area contributed by atoms with Gasteiger partial charge in [-0.3, -0.25) is 4.79 Å². The van der Waals surface area contributed by atoms with Crippen LogP contribution in [0.3, 0.4) is 0 Å². The summed E-state index contributed by atoms with van der Waals surface area (Å²) < 4.78 is 25.4. The van der Waals surface area contributed by atoms with Crippen molar-refractivity contribution < 1.29 is 13.2 Å². The van der Waals surface area contributed by atoms with Crippen LogP contribution >= 0.6 is 0 Å². The molecular formula is C17H26N2O3S. The molecule has 0 bridgehead atoms. The van der Waals surface area contributed by atoms with E-state index in [0.29, 0.717) is 6.54 Å². The van der Waals surface area contributed by atoms with Gasteiger partial charge in [0.1, 0.15) is 0 Å². The minimum atomic E-state index is -3.26. The number of hydrogen-bond donors (Lipinski definition) is 1. The van der Waals surface area contributed by atoms with E-state index < -0.39 is 10.0 Å². The van der Waals surface area contributed by atoms with E-state index in [1.165, 1.54) is 16.1 Å². The summed E-state index contributed by atoms with van der Waals surface area (Å²) in [4.78, 5) is 12.0. The van der Waals surface area contributed by atoms with Crippen molar-refractivity contribution in [2.45, 2.75) is 51.6 Å². The Labute approximate surface area is 139 Å². The predicted octanol–water partition coefficient (Wildman–Crippen LogP) is 2.21. The third kappa shape index (κ3) is 5.62. The maximum Gasteiger partial charge on any atom is 0.221 e. The molecule has 0 saturated heterocycles. The molecule has 0 heterocycles. The average molecular weight is 338 g/mol. The summed E-state index contributed by atoms with van der Waals surface area (Å²) in [6, 6.07) is 8.04. The minimum absolute atomic E-state index is 0.0647. The molecule has 1 aromatic carbocycles. The van der Waals surface area contributed by atoms with Crippen molar-refractivity contribution in [1.82, 2.24) is 9.62 Å². The monoisotopic (exact) mass is 338 g/mol. The molecule has 0 atom stereocenters. The second-order valence-electron chi connectivity index (χ2n) is 6.32. The van der Waals surface area contributed by atoms with E-state index in [4.69, 9.17) is 0 Å². The van der Waals surface area contributed by atoms with E-state index in [1.54, 1.807) is 0 Å². The number of nitrogens with one attached hydrogen (secondary N) is 1. The van der Waals surface area contributed by atoms with Crippen molar-refractivity contribution in [1.29, 1.82) is 0 Å². The highest BCUT2D eigenvalue weighted by Crippen LogP contribution is 2.25. The first-order valence-electron chi connectivity index (χ1n) is 8.15. The fourth-order valence-electron chi connectivity index (χ4n) is 3.02. The number of sulfonamides is 1. The summed E-state index contributed by atoms with van der Waals surface area (Å²) in [5.41, 5.74) is 2.22. The second-order valence-corrected chi connectivity index (χ2v) is 8.26. The van der Waals surface area contributed by atoms with Gasteiger partial charge in [-0.05, 0) is 25.3 Å². The molecule has 0 spiro atoms. The van der Waals surface area contributed by atoms with Gasteiger partial charge in [-0.2, -0.15) is 4.31 Å². The smallest absolute Gasteiger partial charge is 0.221 e. The Kier molecular flexibility index (Phi) is 6.18. The van der Waals surface area contributed by atoms with Crippen molar-refractivity contribution in [2.24, 2.45) is 0 Å². The highest BCUT2D eigenvalue weighted by atomic mass is 32.2. The van der Waals surface area contributed by atoms with E-state index in [1.807, 2.05) is 31.2 Å². The summed E-state index contributed by atoms with van der Waals surface area (Å²) in [7, 11) is -3.26. The second kappa shape index (κ2) is 7.93. The molecule has 1 N–H and O–H groups in total. The number of carbonyl (C=O) groups excluding carboxylic acids is 1. The van der Waals surface area contributed by atoms with Gasteiger partial charge in [-0.15, -0.1) is 0 Å². The zero-order chi connectivity index (χ0) is 16.9. The fraction of sp³-hybridized carbons (Fsp3) is 0.588. The van der Waals surface area contributed by atoms with Crippen LogP contribution < -0.4 is 5.32 Å². The molecule has 23 heavy (non-hydrogen) atoms. The lowest BCUT2D eigenvalue weighted by atomic mass is 10.1. The van der Waals surface area contributed by atoms with Gasteiger partial charge >= 0.3 is 0 Å². The molecule has 1 fully saturated rings. The standard InChI is InChI=1S/C17H26N2O3S/c1-14-7-9-15(10-8-14)13-18-17(20)11-12-19(23(2,21)22)16-5-3-4-6-16/h7-10,16H,3-6,11-13H2,1-2H3,(H,18,20). The number of nitrogens with zero attached hydrogens (tertiary/aromatic N) is 1. The molecule has 1 saturated carbocycles. The highest BCUT2D eigenvalue weighted by Gasteiger charge is 2.29. The first kappa shape index (κ1) is 17.9. The van der Waals surface area contributed by atoms with E-state index >= 15 is 0 Å². The molecule has 0 aliphatic heterocycles. The van der Waals surface area contributed by atoms with Gasteiger partial charge in [0.25, 0.3) is 0 Å². The van der Waals surface area contributed by atoms with Gasteiger partial charge in [0, 0.05) is 25.6 Å². The molecular weight excluding hydrogens is 312 g/mol. The molecule has 128 valence electrons. The van der Waals surface area contributed by atoms with Gasteiger partial charge in [0.15, 0.2) is 0 Å².